The average molecular weight is 365 g/mol. The summed E-state index contributed by atoms with van der Waals surface area (Å²) < 4.78 is 7.36. The number of carbonyl (C=O) groups is 1. The third-order valence-corrected chi connectivity index (χ3v) is 4.13. The predicted molar refractivity (Wildman–Crippen MR) is 105 cm³/mol. The molecule has 0 spiro atoms. The number of aromatic nitrogens is 2. The van der Waals surface area contributed by atoms with E-state index < -0.39 is 5.41 Å². The number of carbonyl (C=O) groups excluding carboxylic acids is 1. The lowest BCUT2D eigenvalue weighted by atomic mass is 9.95. The van der Waals surface area contributed by atoms with E-state index in [1.165, 1.54) is 10.5 Å². The minimum Gasteiger partial charge on any atom is -0.487 e. The number of nitrogens with one attached hydrogen (secondary N) is 1. The van der Waals surface area contributed by atoms with Gasteiger partial charge >= 0.3 is 0 Å². The summed E-state index contributed by atoms with van der Waals surface area (Å²) in [6.07, 6.45) is 1.68. The van der Waals surface area contributed by atoms with Crippen molar-refractivity contribution in [3.8, 4) is 5.75 Å². The Balaban J connectivity index is 1.79. The minimum atomic E-state index is -0.483. The third-order valence-electron chi connectivity index (χ3n) is 4.13. The summed E-state index contributed by atoms with van der Waals surface area (Å²) in [7, 11) is 0. The summed E-state index contributed by atoms with van der Waals surface area (Å²) >= 11 is 0. The topological polar surface area (TPSA) is 72.7 Å². The van der Waals surface area contributed by atoms with E-state index in [1.54, 1.807) is 24.4 Å². The number of pyridine rings is 1. The second kappa shape index (κ2) is 7.23. The van der Waals surface area contributed by atoms with Crippen molar-refractivity contribution in [3.05, 3.63) is 70.3 Å². The van der Waals surface area contributed by atoms with Gasteiger partial charge in [0.1, 0.15) is 18.0 Å². The monoisotopic (exact) mass is 365 g/mol. The summed E-state index contributed by atoms with van der Waals surface area (Å²) in [5.41, 5.74) is 2.09. The number of ether oxygens (including phenoxy) is 1. The maximum atomic E-state index is 12.2. The van der Waals surface area contributed by atoms with Gasteiger partial charge in [0.15, 0.2) is 0 Å². The van der Waals surface area contributed by atoms with E-state index in [1.807, 2.05) is 45.9 Å². The molecule has 0 aliphatic heterocycles. The van der Waals surface area contributed by atoms with Crippen LogP contribution in [0.15, 0.2) is 53.5 Å². The maximum Gasteiger partial charge on any atom is 0.258 e. The Morgan fingerprint density at radius 1 is 1.19 bits per heavy atom. The molecule has 2 aromatic heterocycles. The van der Waals surface area contributed by atoms with Gasteiger partial charge < -0.3 is 10.1 Å². The highest BCUT2D eigenvalue weighted by Gasteiger charge is 2.21. The zero-order valence-corrected chi connectivity index (χ0v) is 15.9. The van der Waals surface area contributed by atoms with Crippen LogP contribution in [-0.2, 0) is 11.4 Å². The molecule has 0 saturated heterocycles. The number of hydrogen-bond acceptors (Lipinski definition) is 4. The molecule has 6 heteroatoms. The highest BCUT2D eigenvalue weighted by molar-refractivity contribution is 5.94. The molecular formula is C21H23N3O3. The van der Waals surface area contributed by atoms with Crippen molar-refractivity contribution in [2.45, 2.75) is 34.3 Å². The van der Waals surface area contributed by atoms with Crippen LogP contribution in [0.4, 0.5) is 5.69 Å². The van der Waals surface area contributed by atoms with E-state index in [9.17, 15) is 9.59 Å². The van der Waals surface area contributed by atoms with Crippen LogP contribution in [0.25, 0.3) is 5.65 Å². The molecule has 0 aliphatic carbocycles. The highest BCUT2D eigenvalue weighted by Crippen LogP contribution is 2.25. The lowest BCUT2D eigenvalue weighted by Gasteiger charge is -2.18. The van der Waals surface area contributed by atoms with Gasteiger partial charge in [0.2, 0.25) is 5.91 Å². The molecule has 0 radical (unpaired) electrons. The van der Waals surface area contributed by atoms with Crippen molar-refractivity contribution in [2.24, 2.45) is 5.41 Å². The van der Waals surface area contributed by atoms with Crippen molar-refractivity contribution < 1.29 is 9.53 Å². The first-order chi connectivity index (χ1) is 12.7. The van der Waals surface area contributed by atoms with Crippen molar-refractivity contribution in [3.63, 3.8) is 0 Å². The molecule has 1 aromatic carbocycles. The summed E-state index contributed by atoms with van der Waals surface area (Å²) in [5.74, 6) is 0.568. The first-order valence-corrected chi connectivity index (χ1v) is 8.76. The minimum absolute atomic E-state index is 0.0680. The van der Waals surface area contributed by atoms with E-state index in [2.05, 4.69) is 10.3 Å². The fourth-order valence-electron chi connectivity index (χ4n) is 2.48. The van der Waals surface area contributed by atoms with Crippen molar-refractivity contribution in [1.29, 1.82) is 0 Å². The van der Waals surface area contributed by atoms with Crippen molar-refractivity contribution >= 4 is 17.2 Å². The fourth-order valence-corrected chi connectivity index (χ4v) is 2.48. The van der Waals surface area contributed by atoms with Gasteiger partial charge in [-0.05, 0) is 30.7 Å². The molecule has 0 unspecified atom stereocenters. The summed E-state index contributed by atoms with van der Waals surface area (Å²) in [5, 5.41) is 2.89. The van der Waals surface area contributed by atoms with Gasteiger partial charge in [-0.15, -0.1) is 0 Å². The number of fused-ring (bicyclic) bond motifs is 1. The molecule has 1 N–H and O–H groups in total. The Morgan fingerprint density at radius 3 is 2.70 bits per heavy atom. The third kappa shape index (κ3) is 4.34. The van der Waals surface area contributed by atoms with Gasteiger partial charge in [-0.2, -0.15) is 0 Å². The molecule has 3 rings (SSSR count). The molecule has 6 nitrogen and oxygen atoms in total. The predicted octanol–water partition coefficient (Wildman–Crippen LogP) is 3.57. The standard InChI is InChI=1S/C21H23N3O3/c1-14-8-9-15(23-20(26)21(2,3)4)11-17(14)27-13-16-12-19(25)24-10-6-5-7-18(24)22-16/h5-12H,13H2,1-4H3,(H,23,26). The molecule has 1 amide bonds. The Labute approximate surface area is 157 Å². The lowest BCUT2D eigenvalue weighted by Crippen LogP contribution is -2.27. The van der Waals surface area contributed by atoms with Gasteiger partial charge in [-0.1, -0.05) is 32.9 Å². The maximum absolute atomic E-state index is 12.2. The lowest BCUT2D eigenvalue weighted by molar-refractivity contribution is -0.123. The van der Waals surface area contributed by atoms with Crippen LogP contribution < -0.4 is 15.6 Å². The van der Waals surface area contributed by atoms with Gasteiger partial charge in [0.05, 0.1) is 5.69 Å². The Kier molecular flexibility index (Phi) is 4.99. The zero-order valence-electron chi connectivity index (χ0n) is 15.9. The smallest absolute Gasteiger partial charge is 0.258 e. The number of rotatable bonds is 4. The molecule has 0 aliphatic rings. The average Bonchev–Trinajstić information content (AvgIpc) is 2.61. The molecule has 3 aromatic rings. The molecular weight excluding hydrogens is 342 g/mol. The van der Waals surface area contributed by atoms with E-state index in [0.29, 0.717) is 22.8 Å². The fraction of sp³-hybridized carbons (Fsp3) is 0.286. The second-order valence-corrected chi connectivity index (χ2v) is 7.49. The van der Waals surface area contributed by atoms with Gasteiger partial charge in [-0.3, -0.25) is 14.0 Å². The van der Waals surface area contributed by atoms with Crippen LogP contribution in [0, 0.1) is 12.3 Å². The van der Waals surface area contributed by atoms with E-state index in [4.69, 9.17) is 4.74 Å². The molecule has 2 heterocycles. The quantitative estimate of drug-likeness (QED) is 0.767. The van der Waals surface area contributed by atoms with E-state index >= 15 is 0 Å². The number of amides is 1. The Morgan fingerprint density at radius 2 is 1.96 bits per heavy atom. The molecule has 0 bridgehead atoms. The van der Waals surface area contributed by atoms with Gasteiger partial charge in [-0.25, -0.2) is 4.98 Å². The Hall–Kier alpha value is -3.15. The van der Waals surface area contributed by atoms with Crippen LogP contribution in [-0.4, -0.2) is 15.3 Å². The van der Waals surface area contributed by atoms with E-state index in [0.717, 1.165) is 5.56 Å². The number of aryl methyl sites for hydroxylation is 1. The van der Waals surface area contributed by atoms with Crippen LogP contribution in [0.5, 0.6) is 5.75 Å². The highest BCUT2D eigenvalue weighted by atomic mass is 16.5. The van der Waals surface area contributed by atoms with Crippen LogP contribution in [0.1, 0.15) is 32.0 Å². The number of nitrogens with zero attached hydrogens (tertiary/aromatic N) is 2. The summed E-state index contributed by atoms with van der Waals surface area (Å²) in [4.78, 5) is 28.8. The van der Waals surface area contributed by atoms with E-state index in [-0.39, 0.29) is 18.1 Å². The summed E-state index contributed by atoms with van der Waals surface area (Å²) in [6, 6.07) is 12.4. The van der Waals surface area contributed by atoms with Crippen LogP contribution >= 0.6 is 0 Å². The van der Waals surface area contributed by atoms with Gasteiger partial charge in [0.25, 0.3) is 5.56 Å². The number of benzene rings is 1. The molecule has 140 valence electrons. The number of hydrogen-bond donors (Lipinski definition) is 1. The SMILES string of the molecule is Cc1ccc(NC(=O)C(C)(C)C)cc1OCc1cc(=O)n2ccccc2n1. The second-order valence-electron chi connectivity index (χ2n) is 7.49. The zero-order chi connectivity index (χ0) is 19.6. The molecule has 0 fully saturated rings. The van der Waals surface area contributed by atoms with Crippen LogP contribution in [0.2, 0.25) is 0 Å². The largest absolute Gasteiger partial charge is 0.487 e. The molecule has 0 atom stereocenters. The molecule has 27 heavy (non-hydrogen) atoms. The van der Waals surface area contributed by atoms with Gasteiger partial charge in [0, 0.05) is 29.4 Å². The van der Waals surface area contributed by atoms with Crippen LogP contribution in [0.3, 0.4) is 0 Å². The number of anilines is 1. The first-order valence-electron chi connectivity index (χ1n) is 8.76. The van der Waals surface area contributed by atoms with Crippen molar-refractivity contribution in [2.75, 3.05) is 5.32 Å². The Bertz CT molecular complexity index is 1050. The van der Waals surface area contributed by atoms with Crippen molar-refractivity contribution in [1.82, 2.24) is 9.38 Å². The summed E-state index contributed by atoms with van der Waals surface area (Å²) in [6.45, 7) is 7.67. The first kappa shape index (κ1) is 18.6. The normalized spacial score (nSPS) is 11.4. The molecule has 0 saturated carbocycles.